The average Bonchev–Trinajstić information content (AvgIpc) is 2.98. The van der Waals surface area contributed by atoms with Gasteiger partial charge in [0.25, 0.3) is 0 Å². The van der Waals surface area contributed by atoms with Crippen molar-refractivity contribution in [3.8, 4) is 0 Å². The molecule has 152 valence electrons. The van der Waals surface area contributed by atoms with Gasteiger partial charge in [-0.2, -0.15) is 0 Å². The lowest BCUT2D eigenvalue weighted by Crippen LogP contribution is -2.57. The van der Waals surface area contributed by atoms with Crippen molar-refractivity contribution in [3.05, 3.63) is 47.7 Å². The van der Waals surface area contributed by atoms with Crippen molar-refractivity contribution in [1.29, 1.82) is 0 Å². The SMILES string of the molecule is CCOCc1ncc2c(n1)N(C)C(C=O)N2C(=O)N1CC(c2ccccc2F)C1. The molecule has 1 unspecified atom stereocenters. The third kappa shape index (κ3) is 3.31. The first-order chi connectivity index (χ1) is 14.0. The Kier molecular flexibility index (Phi) is 5.14. The predicted molar refractivity (Wildman–Crippen MR) is 104 cm³/mol. The standard InChI is InChI=1S/C20H22FN5O3/c1-3-29-12-17-22-8-16-19(23-17)24(2)18(11-27)26(16)20(28)25-9-13(10-25)14-6-4-5-7-15(14)21/h4-8,11,13,18H,3,9-10,12H2,1-2H3. The average molecular weight is 399 g/mol. The monoisotopic (exact) mass is 399 g/mol. The number of urea groups is 1. The maximum atomic E-state index is 14.0. The Morgan fingerprint density at radius 1 is 1.34 bits per heavy atom. The second-order valence-corrected chi connectivity index (χ2v) is 7.07. The number of fused-ring (bicyclic) bond motifs is 1. The highest BCUT2D eigenvalue weighted by Crippen LogP contribution is 2.38. The molecule has 0 saturated carbocycles. The van der Waals surface area contributed by atoms with Gasteiger partial charge < -0.3 is 14.5 Å². The molecule has 2 amide bonds. The number of carbonyl (C=O) groups is 2. The van der Waals surface area contributed by atoms with Gasteiger partial charge in [0.1, 0.15) is 18.1 Å². The summed E-state index contributed by atoms with van der Waals surface area (Å²) in [5.74, 6) is 0.669. The van der Waals surface area contributed by atoms with Crippen molar-refractivity contribution in [2.24, 2.45) is 0 Å². The van der Waals surface area contributed by atoms with E-state index in [2.05, 4.69) is 9.97 Å². The molecule has 2 aliphatic rings. The number of anilines is 2. The van der Waals surface area contributed by atoms with Crippen LogP contribution < -0.4 is 9.80 Å². The molecule has 8 nitrogen and oxygen atoms in total. The van der Waals surface area contributed by atoms with Crippen LogP contribution in [0.25, 0.3) is 0 Å². The molecule has 4 rings (SSSR count). The van der Waals surface area contributed by atoms with Crippen LogP contribution in [0.3, 0.4) is 0 Å². The highest BCUT2D eigenvalue weighted by atomic mass is 19.1. The molecular weight excluding hydrogens is 377 g/mol. The number of halogens is 1. The summed E-state index contributed by atoms with van der Waals surface area (Å²) in [5.41, 5.74) is 1.08. The summed E-state index contributed by atoms with van der Waals surface area (Å²) >= 11 is 0. The van der Waals surface area contributed by atoms with E-state index < -0.39 is 6.17 Å². The van der Waals surface area contributed by atoms with Crippen molar-refractivity contribution < 1.29 is 18.7 Å². The fourth-order valence-electron chi connectivity index (χ4n) is 3.69. The number of rotatable bonds is 5. The third-order valence-electron chi connectivity index (χ3n) is 5.32. The maximum Gasteiger partial charge on any atom is 0.326 e. The van der Waals surface area contributed by atoms with E-state index in [0.717, 1.165) is 0 Å². The summed E-state index contributed by atoms with van der Waals surface area (Å²) < 4.78 is 19.3. The Hall–Kier alpha value is -3.07. The number of ether oxygens (including phenoxy) is 1. The minimum atomic E-state index is -0.804. The third-order valence-corrected chi connectivity index (χ3v) is 5.32. The number of hydrogen-bond acceptors (Lipinski definition) is 6. The lowest BCUT2D eigenvalue weighted by Gasteiger charge is -2.42. The first kappa shape index (κ1) is 19.3. The molecular formula is C20H22FN5O3. The van der Waals surface area contributed by atoms with E-state index in [1.807, 2.05) is 6.92 Å². The van der Waals surface area contributed by atoms with E-state index in [1.165, 1.54) is 11.0 Å². The van der Waals surface area contributed by atoms with Gasteiger partial charge in [0.2, 0.25) is 0 Å². The molecule has 3 heterocycles. The lowest BCUT2D eigenvalue weighted by molar-refractivity contribution is -0.108. The molecule has 0 aliphatic carbocycles. The van der Waals surface area contributed by atoms with Crippen LogP contribution in [0.15, 0.2) is 30.5 Å². The van der Waals surface area contributed by atoms with Crippen LogP contribution in [0.5, 0.6) is 0 Å². The molecule has 1 aromatic heterocycles. The number of amides is 2. The van der Waals surface area contributed by atoms with Gasteiger partial charge in [-0.1, -0.05) is 18.2 Å². The molecule has 29 heavy (non-hydrogen) atoms. The molecule has 9 heteroatoms. The van der Waals surface area contributed by atoms with Crippen LogP contribution in [0.1, 0.15) is 24.2 Å². The van der Waals surface area contributed by atoms with Crippen molar-refractivity contribution in [2.75, 3.05) is 36.5 Å². The molecule has 1 saturated heterocycles. The van der Waals surface area contributed by atoms with Gasteiger partial charge in [-0.3, -0.25) is 9.69 Å². The van der Waals surface area contributed by atoms with Crippen molar-refractivity contribution in [3.63, 3.8) is 0 Å². The molecule has 2 aromatic rings. The minimum absolute atomic E-state index is 0.0561. The van der Waals surface area contributed by atoms with Crippen molar-refractivity contribution >= 4 is 23.8 Å². The van der Waals surface area contributed by atoms with E-state index in [4.69, 9.17) is 4.74 Å². The zero-order valence-electron chi connectivity index (χ0n) is 16.3. The predicted octanol–water partition coefficient (Wildman–Crippen LogP) is 2.15. The van der Waals surface area contributed by atoms with Crippen molar-refractivity contribution in [1.82, 2.24) is 14.9 Å². The largest absolute Gasteiger partial charge is 0.374 e. The Morgan fingerprint density at radius 3 is 2.79 bits per heavy atom. The van der Waals surface area contributed by atoms with Crippen LogP contribution >= 0.6 is 0 Å². The highest BCUT2D eigenvalue weighted by Gasteiger charge is 2.44. The Balaban J connectivity index is 1.53. The van der Waals surface area contributed by atoms with E-state index >= 15 is 0 Å². The van der Waals surface area contributed by atoms with Crippen LogP contribution in [-0.4, -0.2) is 60.1 Å². The molecule has 0 N–H and O–H groups in total. The number of carbonyl (C=O) groups excluding carboxylic acids is 2. The first-order valence-corrected chi connectivity index (χ1v) is 9.49. The number of likely N-dealkylation sites (tertiary alicyclic amines) is 1. The van der Waals surface area contributed by atoms with E-state index in [9.17, 15) is 14.0 Å². The van der Waals surface area contributed by atoms with Gasteiger partial charge in [0.05, 0.1) is 6.20 Å². The van der Waals surface area contributed by atoms with Crippen LogP contribution in [-0.2, 0) is 16.1 Å². The second kappa shape index (κ2) is 7.75. The summed E-state index contributed by atoms with van der Waals surface area (Å²) in [6.45, 7) is 3.46. The molecule has 0 radical (unpaired) electrons. The number of aromatic nitrogens is 2. The highest BCUT2D eigenvalue weighted by molar-refractivity contribution is 6.03. The Labute approximate surface area is 167 Å². The van der Waals surface area contributed by atoms with Gasteiger partial charge in [-0.15, -0.1) is 0 Å². The maximum absolute atomic E-state index is 14.0. The second-order valence-electron chi connectivity index (χ2n) is 7.07. The summed E-state index contributed by atoms with van der Waals surface area (Å²) in [6, 6.07) is 6.27. The van der Waals surface area contributed by atoms with Gasteiger partial charge in [0.15, 0.2) is 24.1 Å². The normalized spacial score (nSPS) is 18.6. The first-order valence-electron chi connectivity index (χ1n) is 9.49. The van der Waals surface area contributed by atoms with E-state index in [1.54, 1.807) is 41.2 Å². The van der Waals surface area contributed by atoms with Gasteiger partial charge >= 0.3 is 6.03 Å². The smallest absolute Gasteiger partial charge is 0.326 e. The number of benzene rings is 1. The molecule has 1 fully saturated rings. The lowest BCUT2D eigenvalue weighted by atomic mass is 9.91. The molecule has 1 atom stereocenters. The van der Waals surface area contributed by atoms with Gasteiger partial charge in [-0.25, -0.2) is 19.2 Å². The fourth-order valence-corrected chi connectivity index (χ4v) is 3.69. The minimum Gasteiger partial charge on any atom is -0.374 e. The number of nitrogens with zero attached hydrogens (tertiary/aromatic N) is 5. The Bertz CT molecular complexity index is 934. The molecule has 2 aliphatic heterocycles. The van der Waals surface area contributed by atoms with Crippen molar-refractivity contribution in [2.45, 2.75) is 25.6 Å². The van der Waals surface area contributed by atoms with Gasteiger partial charge in [0, 0.05) is 32.7 Å². The summed E-state index contributed by atoms with van der Waals surface area (Å²) in [7, 11) is 1.71. The zero-order valence-corrected chi connectivity index (χ0v) is 16.3. The van der Waals surface area contributed by atoms with E-state index in [0.29, 0.717) is 48.9 Å². The van der Waals surface area contributed by atoms with Gasteiger partial charge in [-0.05, 0) is 18.6 Å². The van der Waals surface area contributed by atoms with Crippen LogP contribution in [0.4, 0.5) is 20.7 Å². The van der Waals surface area contributed by atoms with E-state index in [-0.39, 0.29) is 24.4 Å². The summed E-state index contributed by atoms with van der Waals surface area (Å²) in [4.78, 5) is 38.2. The number of hydrogen-bond donors (Lipinski definition) is 0. The van der Waals surface area contributed by atoms with Crippen LogP contribution in [0.2, 0.25) is 0 Å². The zero-order chi connectivity index (χ0) is 20.5. The van der Waals surface area contributed by atoms with Crippen LogP contribution in [0, 0.1) is 5.82 Å². The number of likely N-dealkylation sites (N-methyl/N-ethyl adjacent to an activating group) is 1. The molecule has 0 bridgehead atoms. The topological polar surface area (TPSA) is 78.9 Å². The fraction of sp³-hybridized carbons (Fsp3) is 0.400. The summed E-state index contributed by atoms with van der Waals surface area (Å²) in [6.07, 6.45) is 1.44. The molecule has 0 spiro atoms. The summed E-state index contributed by atoms with van der Waals surface area (Å²) in [5, 5.41) is 0. The Morgan fingerprint density at radius 2 is 2.10 bits per heavy atom. The quantitative estimate of drug-likeness (QED) is 0.717. The molecule has 1 aromatic carbocycles. The number of aldehydes is 1.